The van der Waals surface area contributed by atoms with E-state index in [0.717, 1.165) is 12.4 Å². The van der Waals surface area contributed by atoms with Crippen LogP contribution in [-0.2, 0) is 11.0 Å². The molecule has 3 rings (SSSR count). The van der Waals surface area contributed by atoms with E-state index in [4.69, 9.17) is 14.1 Å². The summed E-state index contributed by atoms with van der Waals surface area (Å²) in [5, 5.41) is 3.33. The van der Waals surface area contributed by atoms with Gasteiger partial charge in [-0.2, -0.15) is 0 Å². The van der Waals surface area contributed by atoms with E-state index in [1.807, 2.05) is 13.8 Å². The van der Waals surface area contributed by atoms with Gasteiger partial charge in [0.25, 0.3) is 0 Å². The van der Waals surface area contributed by atoms with E-state index in [1.165, 1.54) is 12.1 Å². The summed E-state index contributed by atoms with van der Waals surface area (Å²) in [6.45, 7) is 16.2. The van der Waals surface area contributed by atoms with E-state index in [1.54, 1.807) is 0 Å². The van der Waals surface area contributed by atoms with Crippen LogP contribution in [0.4, 0.5) is 20.4 Å². The van der Waals surface area contributed by atoms with E-state index in [-0.39, 0.29) is 35.2 Å². The zero-order valence-electron chi connectivity index (χ0n) is 22.3. The van der Waals surface area contributed by atoms with E-state index >= 15 is 0 Å². The van der Waals surface area contributed by atoms with Crippen molar-refractivity contribution in [2.45, 2.75) is 84.3 Å². The second-order valence-corrected chi connectivity index (χ2v) is 15.9. The predicted molar refractivity (Wildman–Crippen MR) is 140 cm³/mol. The Morgan fingerprint density at radius 1 is 1.19 bits per heavy atom. The van der Waals surface area contributed by atoms with Crippen molar-refractivity contribution in [2.75, 3.05) is 23.3 Å². The Bertz CT molecular complexity index is 1070. The van der Waals surface area contributed by atoms with Crippen molar-refractivity contribution in [2.24, 2.45) is 0 Å². The molecular formula is C26H38F2N4O3Si. The third-order valence-corrected chi connectivity index (χ3v) is 11.3. The van der Waals surface area contributed by atoms with Crippen molar-refractivity contribution in [3.63, 3.8) is 0 Å². The zero-order chi connectivity index (χ0) is 26.7. The summed E-state index contributed by atoms with van der Waals surface area (Å²) < 4.78 is 39.4. The van der Waals surface area contributed by atoms with Gasteiger partial charge in [-0.25, -0.2) is 18.7 Å². The Morgan fingerprint density at radius 2 is 1.86 bits per heavy atom. The number of carbonyl (C=O) groups excluding carboxylic acids is 1. The van der Waals surface area contributed by atoms with Gasteiger partial charge < -0.3 is 19.4 Å². The molecule has 1 fully saturated rings. The zero-order valence-corrected chi connectivity index (χ0v) is 23.3. The lowest BCUT2D eigenvalue weighted by molar-refractivity contribution is 0.111. The van der Waals surface area contributed by atoms with Crippen molar-refractivity contribution in [3.05, 3.63) is 41.2 Å². The Hall–Kier alpha value is -2.59. The van der Waals surface area contributed by atoms with Crippen LogP contribution in [-0.4, -0.2) is 49.8 Å². The van der Waals surface area contributed by atoms with Gasteiger partial charge in [0.1, 0.15) is 17.6 Å². The van der Waals surface area contributed by atoms with Crippen LogP contribution in [0.15, 0.2) is 18.2 Å². The Balaban J connectivity index is 1.80. The summed E-state index contributed by atoms with van der Waals surface area (Å²) in [7, 11) is -2.06. The molecule has 0 atom stereocenters. The highest BCUT2D eigenvalue weighted by atomic mass is 28.4. The fourth-order valence-electron chi connectivity index (χ4n) is 3.67. The number of rotatable bonds is 9. The number of aromatic nitrogens is 2. The minimum Gasteiger partial charge on any atom is -0.487 e. The van der Waals surface area contributed by atoms with Crippen LogP contribution in [0.1, 0.15) is 63.6 Å². The lowest BCUT2D eigenvalue weighted by Gasteiger charge is -2.36. The number of nitrogens with one attached hydrogen (secondary N) is 1. The number of ether oxygens (including phenoxy) is 1. The number of hydrogen-bond donors (Lipinski definition) is 1. The third kappa shape index (κ3) is 6.79. The highest BCUT2D eigenvalue weighted by Gasteiger charge is 2.37. The SMILES string of the molecule is CC(C)Nc1nc(C=O)c(CO[Si](C)(C)C(C)(C)C)nc1N1CCC(Oc2ccc(F)cc2F)CC1. The van der Waals surface area contributed by atoms with Gasteiger partial charge in [0.2, 0.25) is 0 Å². The number of hydrogen-bond acceptors (Lipinski definition) is 7. The van der Waals surface area contributed by atoms with Gasteiger partial charge in [-0.1, -0.05) is 20.8 Å². The van der Waals surface area contributed by atoms with Crippen molar-refractivity contribution < 1.29 is 22.7 Å². The van der Waals surface area contributed by atoms with Gasteiger partial charge in [-0.15, -0.1) is 0 Å². The topological polar surface area (TPSA) is 76.6 Å². The molecule has 0 saturated carbocycles. The van der Waals surface area contributed by atoms with E-state index < -0.39 is 20.0 Å². The highest BCUT2D eigenvalue weighted by molar-refractivity contribution is 6.74. The number of nitrogens with zero attached hydrogens (tertiary/aromatic N) is 3. The van der Waals surface area contributed by atoms with Crippen LogP contribution >= 0.6 is 0 Å². The maximum atomic E-state index is 14.0. The maximum absolute atomic E-state index is 14.0. The van der Waals surface area contributed by atoms with Crippen LogP contribution in [0, 0.1) is 11.6 Å². The number of carbonyl (C=O) groups is 1. The molecule has 7 nitrogen and oxygen atoms in total. The molecule has 1 saturated heterocycles. The molecule has 10 heteroatoms. The molecule has 1 aliphatic heterocycles. The summed E-state index contributed by atoms with van der Waals surface area (Å²) in [6.07, 6.45) is 1.78. The molecule has 1 aliphatic rings. The molecule has 0 unspecified atom stereocenters. The molecular weight excluding hydrogens is 482 g/mol. The first-order valence-electron chi connectivity index (χ1n) is 12.4. The van der Waals surface area contributed by atoms with Gasteiger partial charge in [0, 0.05) is 38.0 Å². The first-order chi connectivity index (χ1) is 16.8. The van der Waals surface area contributed by atoms with Crippen LogP contribution in [0.3, 0.4) is 0 Å². The van der Waals surface area contributed by atoms with Crippen LogP contribution in [0.25, 0.3) is 0 Å². The molecule has 0 aliphatic carbocycles. The first kappa shape index (κ1) is 28.0. The standard InChI is InChI=1S/C26H38F2N4O3Si/c1-17(2)29-24-25(31-22(21(15-33)30-24)16-34-36(6,7)26(3,4)5)32-12-10-19(11-13-32)35-23-9-8-18(27)14-20(23)28/h8-9,14-15,17,19H,10-13,16H2,1-7H3,(H,29,30). The Morgan fingerprint density at radius 3 is 2.42 bits per heavy atom. The van der Waals surface area contributed by atoms with Crippen molar-refractivity contribution in [3.8, 4) is 5.75 Å². The smallest absolute Gasteiger partial charge is 0.192 e. The van der Waals surface area contributed by atoms with Gasteiger partial charge in [0.15, 0.2) is 37.8 Å². The monoisotopic (exact) mass is 520 g/mol. The van der Waals surface area contributed by atoms with Gasteiger partial charge in [-0.05, 0) is 44.1 Å². The van der Waals surface area contributed by atoms with E-state index in [9.17, 15) is 13.6 Å². The average Bonchev–Trinajstić information content (AvgIpc) is 2.79. The Labute approximate surface area is 213 Å². The second kappa shape index (κ2) is 11.2. The summed E-state index contributed by atoms with van der Waals surface area (Å²) in [4.78, 5) is 23.5. The summed E-state index contributed by atoms with van der Waals surface area (Å²) in [6, 6.07) is 3.43. The molecule has 0 amide bonds. The lowest BCUT2D eigenvalue weighted by Crippen LogP contribution is -2.41. The molecule has 36 heavy (non-hydrogen) atoms. The predicted octanol–water partition coefficient (Wildman–Crippen LogP) is 5.96. The maximum Gasteiger partial charge on any atom is 0.192 e. The average molecular weight is 521 g/mol. The molecule has 1 N–H and O–H groups in total. The van der Waals surface area contributed by atoms with Crippen molar-refractivity contribution in [1.82, 2.24) is 9.97 Å². The first-order valence-corrected chi connectivity index (χ1v) is 15.3. The number of anilines is 2. The van der Waals surface area contributed by atoms with E-state index in [0.29, 0.717) is 43.3 Å². The normalized spacial score (nSPS) is 15.3. The van der Waals surface area contributed by atoms with Crippen molar-refractivity contribution in [1.29, 1.82) is 0 Å². The summed E-state index contributed by atoms with van der Waals surface area (Å²) in [5.74, 6) is -0.0769. The number of halogens is 2. The minimum absolute atomic E-state index is 0.0234. The number of piperidine rings is 1. The fourth-order valence-corrected chi connectivity index (χ4v) is 4.60. The van der Waals surface area contributed by atoms with Crippen molar-refractivity contribution >= 4 is 26.2 Å². The quantitative estimate of drug-likeness (QED) is 0.323. The van der Waals surface area contributed by atoms with E-state index in [2.05, 4.69) is 49.1 Å². The largest absolute Gasteiger partial charge is 0.487 e. The van der Waals surface area contributed by atoms with Gasteiger partial charge in [-0.3, -0.25) is 4.79 Å². The fraction of sp³-hybridized carbons (Fsp3) is 0.577. The molecule has 198 valence electrons. The molecule has 1 aromatic carbocycles. The number of aldehydes is 1. The Kier molecular flexibility index (Phi) is 8.71. The van der Waals surface area contributed by atoms with Crippen LogP contribution in [0.2, 0.25) is 18.1 Å². The minimum atomic E-state index is -2.06. The van der Waals surface area contributed by atoms with Gasteiger partial charge >= 0.3 is 0 Å². The van der Waals surface area contributed by atoms with Crippen LogP contribution in [0.5, 0.6) is 5.75 Å². The molecule has 0 spiro atoms. The van der Waals surface area contributed by atoms with Crippen LogP contribution < -0.4 is 15.0 Å². The molecule has 0 radical (unpaired) electrons. The lowest BCUT2D eigenvalue weighted by atomic mass is 10.1. The summed E-state index contributed by atoms with van der Waals surface area (Å²) in [5.41, 5.74) is 0.788. The van der Waals surface area contributed by atoms with Gasteiger partial charge in [0.05, 0.1) is 12.3 Å². The number of benzene rings is 1. The second-order valence-electron chi connectivity index (χ2n) is 11.1. The summed E-state index contributed by atoms with van der Waals surface area (Å²) >= 11 is 0. The molecule has 2 heterocycles. The molecule has 1 aromatic heterocycles. The molecule has 0 bridgehead atoms. The highest BCUT2D eigenvalue weighted by Crippen LogP contribution is 2.37. The molecule has 2 aromatic rings. The third-order valence-electron chi connectivity index (χ3n) is 6.82.